The van der Waals surface area contributed by atoms with E-state index in [9.17, 15) is 9.59 Å². The Hall–Kier alpha value is -3.08. The Bertz CT molecular complexity index is 987. The lowest BCUT2D eigenvalue weighted by atomic mass is 10.0. The molecule has 0 aliphatic carbocycles. The van der Waals surface area contributed by atoms with Crippen molar-refractivity contribution in [3.8, 4) is 0 Å². The largest absolute Gasteiger partial charge is 0.451 e. The summed E-state index contributed by atoms with van der Waals surface area (Å²) >= 11 is 0. The molecule has 0 saturated heterocycles. The van der Waals surface area contributed by atoms with Crippen LogP contribution in [0.5, 0.6) is 0 Å². The van der Waals surface area contributed by atoms with Gasteiger partial charge >= 0.3 is 0 Å². The third kappa shape index (κ3) is 2.25. The monoisotopic (exact) mass is 320 g/mol. The highest BCUT2D eigenvalue weighted by atomic mass is 16.3. The SMILES string of the molecule is Cc1ccc2oc(C(=O)N[C@H]3C(=O)Nc4cccc(C)c43)cc2c1. The van der Waals surface area contributed by atoms with E-state index >= 15 is 0 Å². The lowest BCUT2D eigenvalue weighted by Crippen LogP contribution is -2.32. The van der Waals surface area contributed by atoms with Gasteiger partial charge in [0.15, 0.2) is 5.76 Å². The molecule has 0 unspecified atom stereocenters. The molecule has 5 nitrogen and oxygen atoms in total. The molecule has 1 aliphatic heterocycles. The summed E-state index contributed by atoms with van der Waals surface area (Å²) in [5, 5.41) is 6.44. The molecule has 2 amide bonds. The van der Waals surface area contributed by atoms with E-state index in [0.717, 1.165) is 27.8 Å². The summed E-state index contributed by atoms with van der Waals surface area (Å²) in [7, 11) is 0. The van der Waals surface area contributed by atoms with Crippen molar-refractivity contribution in [2.75, 3.05) is 5.32 Å². The summed E-state index contributed by atoms with van der Waals surface area (Å²) in [6.07, 6.45) is 0. The predicted molar refractivity (Wildman–Crippen MR) is 91.0 cm³/mol. The second-order valence-electron chi connectivity index (χ2n) is 6.08. The van der Waals surface area contributed by atoms with Gasteiger partial charge in [0.25, 0.3) is 11.8 Å². The van der Waals surface area contributed by atoms with Crippen LogP contribution in [0.15, 0.2) is 46.9 Å². The molecule has 0 fully saturated rings. The molecule has 2 aromatic carbocycles. The van der Waals surface area contributed by atoms with E-state index in [1.54, 1.807) is 6.07 Å². The topological polar surface area (TPSA) is 71.3 Å². The normalized spacial score (nSPS) is 16.1. The van der Waals surface area contributed by atoms with Crippen LogP contribution in [-0.2, 0) is 4.79 Å². The van der Waals surface area contributed by atoms with E-state index in [2.05, 4.69) is 10.6 Å². The summed E-state index contributed by atoms with van der Waals surface area (Å²) in [4.78, 5) is 24.7. The highest BCUT2D eigenvalue weighted by Crippen LogP contribution is 2.33. The summed E-state index contributed by atoms with van der Waals surface area (Å²) in [5.74, 6) is -0.440. The number of carbonyl (C=O) groups excluding carboxylic acids is 2. The van der Waals surface area contributed by atoms with Crippen LogP contribution in [0.3, 0.4) is 0 Å². The third-order valence-corrected chi connectivity index (χ3v) is 4.30. The number of hydrogen-bond acceptors (Lipinski definition) is 3. The Labute approximate surface area is 138 Å². The fraction of sp³-hybridized carbons (Fsp3) is 0.158. The molecule has 2 heterocycles. The molecule has 1 aliphatic rings. The highest BCUT2D eigenvalue weighted by molar-refractivity contribution is 6.06. The van der Waals surface area contributed by atoms with Crippen LogP contribution in [0.25, 0.3) is 11.0 Å². The minimum absolute atomic E-state index is 0.199. The number of anilines is 1. The molecule has 1 aromatic heterocycles. The first-order chi connectivity index (χ1) is 11.5. The van der Waals surface area contributed by atoms with Gasteiger partial charge in [0, 0.05) is 16.6 Å². The van der Waals surface area contributed by atoms with Crippen LogP contribution in [0.2, 0.25) is 0 Å². The maximum Gasteiger partial charge on any atom is 0.287 e. The first-order valence-corrected chi connectivity index (χ1v) is 7.74. The highest BCUT2D eigenvalue weighted by Gasteiger charge is 2.33. The molecular formula is C19H16N2O3. The number of nitrogens with one attached hydrogen (secondary N) is 2. The molecular weight excluding hydrogens is 304 g/mol. The van der Waals surface area contributed by atoms with E-state index in [0.29, 0.717) is 5.58 Å². The molecule has 0 spiro atoms. The quantitative estimate of drug-likeness (QED) is 0.759. The van der Waals surface area contributed by atoms with Crippen LogP contribution >= 0.6 is 0 Å². The van der Waals surface area contributed by atoms with Gasteiger partial charge in [-0.1, -0.05) is 23.8 Å². The summed E-state index contributed by atoms with van der Waals surface area (Å²) in [6, 6.07) is 12.3. The first-order valence-electron chi connectivity index (χ1n) is 7.74. The standard InChI is InChI=1S/C19H16N2O3/c1-10-6-7-14-12(8-10)9-15(24-14)18(22)21-17-16-11(2)4-3-5-13(16)20-19(17)23/h3-9,17H,1-2H3,(H,20,23)(H,21,22)/t17-/m1/s1. The molecule has 4 rings (SSSR count). The van der Waals surface area contributed by atoms with Crippen LogP contribution in [0, 0.1) is 13.8 Å². The summed E-state index contributed by atoms with van der Waals surface area (Å²) in [6.45, 7) is 3.90. The van der Waals surface area contributed by atoms with Crippen molar-refractivity contribution >= 4 is 28.5 Å². The zero-order valence-electron chi connectivity index (χ0n) is 13.3. The molecule has 24 heavy (non-hydrogen) atoms. The van der Waals surface area contributed by atoms with Crippen molar-refractivity contribution in [2.45, 2.75) is 19.9 Å². The van der Waals surface area contributed by atoms with Gasteiger partial charge in [-0.05, 0) is 43.7 Å². The van der Waals surface area contributed by atoms with E-state index in [1.807, 2.05) is 50.2 Å². The fourth-order valence-electron chi connectivity index (χ4n) is 3.12. The lowest BCUT2D eigenvalue weighted by Gasteiger charge is -2.12. The van der Waals surface area contributed by atoms with Gasteiger partial charge in [-0.3, -0.25) is 9.59 Å². The fourth-order valence-corrected chi connectivity index (χ4v) is 3.12. The number of rotatable bonds is 2. The Morgan fingerprint density at radius 3 is 2.83 bits per heavy atom. The van der Waals surface area contributed by atoms with Crippen molar-refractivity contribution in [1.82, 2.24) is 5.32 Å². The number of aryl methyl sites for hydroxylation is 2. The summed E-state index contributed by atoms with van der Waals surface area (Å²) < 4.78 is 5.60. The van der Waals surface area contributed by atoms with Gasteiger partial charge in [0.05, 0.1) is 0 Å². The Kier molecular flexibility index (Phi) is 3.16. The number of fused-ring (bicyclic) bond motifs is 2. The number of benzene rings is 2. The Morgan fingerprint density at radius 2 is 2.00 bits per heavy atom. The molecule has 0 saturated carbocycles. The van der Waals surface area contributed by atoms with Gasteiger partial charge < -0.3 is 15.1 Å². The van der Waals surface area contributed by atoms with Crippen LogP contribution in [-0.4, -0.2) is 11.8 Å². The van der Waals surface area contributed by atoms with Crippen molar-refractivity contribution < 1.29 is 14.0 Å². The maximum absolute atomic E-state index is 12.5. The average Bonchev–Trinajstić information content (AvgIpc) is 3.09. The van der Waals surface area contributed by atoms with E-state index in [-0.39, 0.29) is 11.7 Å². The van der Waals surface area contributed by atoms with Crippen LogP contribution in [0.1, 0.15) is 33.3 Å². The smallest absolute Gasteiger partial charge is 0.287 e. The molecule has 1 atom stereocenters. The van der Waals surface area contributed by atoms with E-state index in [4.69, 9.17) is 4.42 Å². The molecule has 3 aromatic rings. The van der Waals surface area contributed by atoms with Gasteiger partial charge in [-0.15, -0.1) is 0 Å². The minimum Gasteiger partial charge on any atom is -0.451 e. The van der Waals surface area contributed by atoms with Crippen LogP contribution < -0.4 is 10.6 Å². The number of furan rings is 1. The van der Waals surface area contributed by atoms with Crippen LogP contribution in [0.4, 0.5) is 5.69 Å². The van der Waals surface area contributed by atoms with E-state index in [1.165, 1.54) is 0 Å². The molecule has 2 N–H and O–H groups in total. The molecule has 0 radical (unpaired) electrons. The Balaban J connectivity index is 1.65. The number of carbonyl (C=O) groups is 2. The molecule has 5 heteroatoms. The molecule has 120 valence electrons. The number of hydrogen-bond donors (Lipinski definition) is 2. The maximum atomic E-state index is 12.5. The van der Waals surface area contributed by atoms with Crippen molar-refractivity contribution in [1.29, 1.82) is 0 Å². The minimum atomic E-state index is -0.705. The lowest BCUT2D eigenvalue weighted by molar-refractivity contribution is -0.117. The second-order valence-corrected chi connectivity index (χ2v) is 6.08. The Morgan fingerprint density at radius 1 is 1.17 bits per heavy atom. The van der Waals surface area contributed by atoms with Crippen molar-refractivity contribution in [3.05, 3.63) is 64.9 Å². The zero-order chi connectivity index (χ0) is 16.8. The summed E-state index contributed by atoms with van der Waals surface area (Å²) in [5.41, 5.74) is 4.25. The van der Waals surface area contributed by atoms with Gasteiger partial charge in [0.2, 0.25) is 0 Å². The zero-order valence-corrected chi connectivity index (χ0v) is 13.3. The van der Waals surface area contributed by atoms with Crippen molar-refractivity contribution in [2.24, 2.45) is 0 Å². The van der Waals surface area contributed by atoms with Gasteiger partial charge in [0.1, 0.15) is 11.6 Å². The first kappa shape index (κ1) is 14.5. The van der Waals surface area contributed by atoms with Gasteiger partial charge in [-0.25, -0.2) is 0 Å². The van der Waals surface area contributed by atoms with E-state index < -0.39 is 11.9 Å². The number of amides is 2. The van der Waals surface area contributed by atoms with Gasteiger partial charge in [-0.2, -0.15) is 0 Å². The predicted octanol–water partition coefficient (Wildman–Crippen LogP) is 3.47. The second kappa shape index (κ2) is 5.23. The average molecular weight is 320 g/mol. The molecule has 0 bridgehead atoms. The third-order valence-electron chi connectivity index (χ3n) is 4.30. The van der Waals surface area contributed by atoms with Crippen molar-refractivity contribution in [3.63, 3.8) is 0 Å².